The maximum Gasteiger partial charge on any atom is 0.232 e. The zero-order valence-corrected chi connectivity index (χ0v) is 13.5. The van der Waals surface area contributed by atoms with Crippen LogP contribution >= 0.6 is 0 Å². The topological polar surface area (TPSA) is 42.7 Å². The van der Waals surface area contributed by atoms with Crippen molar-refractivity contribution in [1.29, 1.82) is 0 Å². The molecule has 3 aliphatic rings. The molecule has 2 aromatic heterocycles. The lowest BCUT2D eigenvalue weighted by atomic mass is 9.86. The quantitative estimate of drug-likeness (QED) is 0.744. The number of fused-ring (bicyclic) bond motifs is 4. The van der Waals surface area contributed by atoms with Gasteiger partial charge in [0.2, 0.25) is 5.88 Å². The minimum Gasteiger partial charge on any atom is -0.472 e. The Hall–Kier alpha value is -2.40. The van der Waals surface area contributed by atoms with E-state index in [0.29, 0.717) is 11.8 Å². The van der Waals surface area contributed by atoms with Crippen molar-refractivity contribution in [3.05, 3.63) is 48.7 Å². The molecule has 5 heteroatoms. The van der Waals surface area contributed by atoms with Gasteiger partial charge in [-0.05, 0) is 37.9 Å². The minimum absolute atomic E-state index is 0.273. The zero-order chi connectivity index (χ0) is 15.9. The van der Waals surface area contributed by atoms with Gasteiger partial charge >= 0.3 is 0 Å². The molecule has 3 saturated heterocycles. The molecule has 0 spiro atoms. The monoisotopic (exact) mass is 320 g/mol. The summed E-state index contributed by atoms with van der Waals surface area (Å²) < 4.78 is 8.03. The summed E-state index contributed by atoms with van der Waals surface area (Å²) in [7, 11) is 0. The summed E-state index contributed by atoms with van der Waals surface area (Å²) in [5.74, 6) is 1.37. The molecule has 5 heterocycles. The predicted molar refractivity (Wildman–Crippen MR) is 92.0 cm³/mol. The van der Waals surface area contributed by atoms with E-state index in [0.717, 1.165) is 23.4 Å². The lowest BCUT2D eigenvalue weighted by Crippen LogP contribution is -2.52. The standard InChI is InChI=1S/C19H20N4O/c1-2-4-14(5-3-1)16-12-23-18(20-16)6-7-19(21-23)24-17-13-22-10-8-15(17)9-11-22/h1-7,12,15,17H,8-11,13H2. The third-order valence-electron chi connectivity index (χ3n) is 5.23. The number of ether oxygens (including phenoxy) is 1. The van der Waals surface area contributed by atoms with Crippen LogP contribution in [0.5, 0.6) is 5.88 Å². The van der Waals surface area contributed by atoms with Crippen LogP contribution in [0, 0.1) is 5.92 Å². The Morgan fingerprint density at radius 1 is 1.00 bits per heavy atom. The van der Waals surface area contributed by atoms with Gasteiger partial charge in [0.05, 0.1) is 11.9 Å². The largest absolute Gasteiger partial charge is 0.472 e. The van der Waals surface area contributed by atoms with Crippen LogP contribution in [0.3, 0.4) is 0 Å². The van der Waals surface area contributed by atoms with Crippen LogP contribution in [0.25, 0.3) is 16.9 Å². The molecule has 24 heavy (non-hydrogen) atoms. The molecule has 6 rings (SSSR count). The van der Waals surface area contributed by atoms with E-state index in [9.17, 15) is 0 Å². The molecular weight excluding hydrogens is 300 g/mol. The van der Waals surface area contributed by atoms with Crippen LogP contribution in [0.15, 0.2) is 48.7 Å². The predicted octanol–water partition coefficient (Wildman–Crippen LogP) is 2.87. The fraction of sp³-hybridized carbons (Fsp3) is 0.368. The highest BCUT2D eigenvalue weighted by Crippen LogP contribution is 2.30. The van der Waals surface area contributed by atoms with E-state index < -0.39 is 0 Å². The van der Waals surface area contributed by atoms with Gasteiger partial charge in [-0.15, -0.1) is 5.10 Å². The number of benzene rings is 1. The molecule has 0 aliphatic carbocycles. The third kappa shape index (κ3) is 2.45. The number of rotatable bonds is 3. The summed E-state index contributed by atoms with van der Waals surface area (Å²) in [5.41, 5.74) is 2.88. The molecule has 3 aliphatic heterocycles. The number of hydrogen-bond acceptors (Lipinski definition) is 4. The summed E-state index contributed by atoms with van der Waals surface area (Å²) >= 11 is 0. The van der Waals surface area contributed by atoms with Crippen molar-refractivity contribution in [2.45, 2.75) is 18.9 Å². The lowest BCUT2D eigenvalue weighted by molar-refractivity contribution is -0.0105. The Bertz CT molecular complexity index is 852. The number of piperidine rings is 3. The number of nitrogens with zero attached hydrogens (tertiary/aromatic N) is 4. The second kappa shape index (κ2) is 5.60. The number of hydrogen-bond donors (Lipinski definition) is 0. The van der Waals surface area contributed by atoms with Gasteiger partial charge in [-0.1, -0.05) is 30.3 Å². The van der Waals surface area contributed by atoms with Crippen LogP contribution in [0.1, 0.15) is 12.8 Å². The first-order chi connectivity index (χ1) is 11.8. The van der Waals surface area contributed by atoms with Crippen LogP contribution in [0.2, 0.25) is 0 Å². The van der Waals surface area contributed by atoms with Crippen LogP contribution in [-0.4, -0.2) is 45.2 Å². The van der Waals surface area contributed by atoms with Crippen LogP contribution < -0.4 is 4.74 Å². The summed E-state index contributed by atoms with van der Waals surface area (Å²) in [6, 6.07) is 14.1. The van der Waals surface area contributed by atoms with Crippen molar-refractivity contribution in [2.24, 2.45) is 5.92 Å². The fourth-order valence-electron chi connectivity index (χ4n) is 3.87. The van der Waals surface area contributed by atoms with Gasteiger partial charge in [-0.2, -0.15) is 0 Å². The Labute approximate surface area is 140 Å². The SMILES string of the molecule is c1ccc(-c2cn3nc(OC4CN5CCC4CC5)ccc3n2)cc1. The van der Waals surface area contributed by atoms with Crippen molar-refractivity contribution in [3.63, 3.8) is 0 Å². The van der Waals surface area contributed by atoms with Crippen LogP contribution in [0.4, 0.5) is 0 Å². The summed E-state index contributed by atoms with van der Waals surface area (Å²) in [5, 5.41) is 4.61. The molecule has 2 bridgehead atoms. The van der Waals surface area contributed by atoms with E-state index in [1.54, 1.807) is 0 Å². The second-order valence-electron chi connectivity index (χ2n) is 6.76. The van der Waals surface area contributed by atoms with Crippen LogP contribution in [-0.2, 0) is 0 Å². The van der Waals surface area contributed by atoms with Crippen molar-refractivity contribution in [2.75, 3.05) is 19.6 Å². The van der Waals surface area contributed by atoms with Gasteiger partial charge in [-0.25, -0.2) is 9.50 Å². The normalized spacial score (nSPS) is 25.9. The van der Waals surface area contributed by atoms with E-state index in [1.165, 1.54) is 25.9 Å². The molecule has 0 saturated carbocycles. The highest BCUT2D eigenvalue weighted by Gasteiger charge is 2.35. The van der Waals surface area contributed by atoms with Crippen molar-refractivity contribution >= 4 is 5.65 Å². The van der Waals surface area contributed by atoms with Gasteiger partial charge in [-0.3, -0.25) is 4.90 Å². The first kappa shape index (κ1) is 14.0. The Kier molecular flexibility index (Phi) is 3.26. The van der Waals surface area contributed by atoms with Gasteiger partial charge < -0.3 is 4.74 Å². The minimum atomic E-state index is 0.273. The smallest absolute Gasteiger partial charge is 0.232 e. The summed E-state index contributed by atoms with van der Waals surface area (Å²) in [6.07, 6.45) is 4.73. The van der Waals surface area contributed by atoms with E-state index in [-0.39, 0.29) is 6.10 Å². The maximum atomic E-state index is 6.21. The van der Waals surface area contributed by atoms with E-state index in [2.05, 4.69) is 27.1 Å². The van der Waals surface area contributed by atoms with Gasteiger partial charge in [0.25, 0.3) is 0 Å². The highest BCUT2D eigenvalue weighted by atomic mass is 16.5. The number of imidazole rings is 1. The maximum absolute atomic E-state index is 6.21. The lowest BCUT2D eigenvalue weighted by Gasteiger charge is -2.44. The molecule has 3 aromatic rings. The van der Waals surface area contributed by atoms with Gasteiger partial charge in [0, 0.05) is 18.2 Å². The number of aromatic nitrogens is 3. The van der Waals surface area contributed by atoms with E-state index >= 15 is 0 Å². The average molecular weight is 320 g/mol. The average Bonchev–Trinajstić information content (AvgIpc) is 3.07. The van der Waals surface area contributed by atoms with E-state index in [4.69, 9.17) is 4.74 Å². The van der Waals surface area contributed by atoms with E-state index in [1.807, 2.05) is 41.0 Å². The van der Waals surface area contributed by atoms with Gasteiger partial charge in [0.1, 0.15) is 6.10 Å². The zero-order valence-electron chi connectivity index (χ0n) is 13.5. The second-order valence-corrected chi connectivity index (χ2v) is 6.76. The Balaban J connectivity index is 1.42. The molecule has 1 aromatic carbocycles. The van der Waals surface area contributed by atoms with Crippen molar-refractivity contribution < 1.29 is 4.74 Å². The van der Waals surface area contributed by atoms with Gasteiger partial charge in [0.15, 0.2) is 5.65 Å². The first-order valence-electron chi connectivity index (χ1n) is 8.66. The van der Waals surface area contributed by atoms with Crippen molar-refractivity contribution in [3.8, 4) is 17.1 Å². The summed E-state index contributed by atoms with van der Waals surface area (Å²) in [4.78, 5) is 7.14. The molecule has 3 fully saturated rings. The fourth-order valence-corrected chi connectivity index (χ4v) is 3.87. The molecular formula is C19H20N4O. The molecule has 0 amide bonds. The Morgan fingerprint density at radius 2 is 1.83 bits per heavy atom. The molecule has 1 atom stereocenters. The third-order valence-corrected chi connectivity index (χ3v) is 5.23. The molecule has 0 N–H and O–H groups in total. The Morgan fingerprint density at radius 3 is 2.58 bits per heavy atom. The van der Waals surface area contributed by atoms with Crippen molar-refractivity contribution in [1.82, 2.24) is 19.5 Å². The molecule has 122 valence electrons. The summed E-state index contributed by atoms with van der Waals surface area (Å²) in [6.45, 7) is 3.47. The first-order valence-corrected chi connectivity index (χ1v) is 8.66. The molecule has 0 radical (unpaired) electrons. The highest BCUT2D eigenvalue weighted by molar-refractivity contribution is 5.62. The molecule has 1 unspecified atom stereocenters. The molecule has 5 nitrogen and oxygen atoms in total.